The van der Waals surface area contributed by atoms with Crippen LogP contribution in [0.3, 0.4) is 0 Å². The van der Waals surface area contributed by atoms with Gasteiger partial charge >= 0.3 is 0 Å². The van der Waals surface area contributed by atoms with Gasteiger partial charge < -0.3 is 0 Å². The van der Waals surface area contributed by atoms with Crippen molar-refractivity contribution in [2.24, 2.45) is 0 Å². The van der Waals surface area contributed by atoms with Crippen molar-refractivity contribution >= 4 is 0 Å². The maximum absolute atomic E-state index is 9.95. The average molecular weight is 164 g/mol. The van der Waals surface area contributed by atoms with Crippen LogP contribution in [0.1, 0.15) is 19.8 Å². The molecule has 0 aromatic heterocycles. The minimum atomic E-state index is -0.796. The van der Waals surface area contributed by atoms with Crippen molar-refractivity contribution in [1.29, 1.82) is 0 Å². The van der Waals surface area contributed by atoms with Crippen molar-refractivity contribution in [3.63, 3.8) is 0 Å². The maximum atomic E-state index is 9.95. The zero-order valence-corrected chi connectivity index (χ0v) is 6.30. The minimum absolute atomic E-state index is 0.0910. The van der Waals surface area contributed by atoms with Crippen molar-refractivity contribution in [3.05, 3.63) is 10.1 Å². The summed E-state index contributed by atoms with van der Waals surface area (Å²) in [5.74, 6) is 0. The first-order valence-electron chi connectivity index (χ1n) is 3.36. The van der Waals surface area contributed by atoms with E-state index in [4.69, 9.17) is 10.4 Å². The quantitative estimate of drug-likeness (QED) is 0.456. The highest BCUT2D eigenvalue weighted by atomic mass is 16.8. The zero-order chi connectivity index (χ0) is 8.85. The predicted molar refractivity (Wildman–Crippen MR) is 36.0 cm³/mol. The van der Waals surface area contributed by atoms with Gasteiger partial charge in [0.15, 0.2) is 0 Å². The largest absolute Gasteiger partial charge is 0.289 e. The Morgan fingerprint density at radius 3 is 2.45 bits per heavy atom. The Balaban J connectivity index is 3.79. The summed E-state index contributed by atoms with van der Waals surface area (Å²) >= 11 is 0. The summed E-state index contributed by atoms with van der Waals surface area (Å²) in [4.78, 5) is 9.38. The molecule has 0 saturated carbocycles. The zero-order valence-electron chi connectivity index (χ0n) is 6.30. The van der Waals surface area contributed by atoms with Crippen LogP contribution >= 0.6 is 0 Å². The highest BCUT2D eigenvalue weighted by Gasteiger charge is 2.19. The van der Waals surface area contributed by atoms with E-state index in [9.17, 15) is 10.1 Å². The van der Waals surface area contributed by atoms with Gasteiger partial charge in [-0.1, -0.05) is 18.6 Å². The van der Waals surface area contributed by atoms with Gasteiger partial charge in [-0.3, -0.25) is 20.5 Å². The number of rotatable bonds is 5. The molecular weight excluding hydrogens is 152 g/mol. The predicted octanol–water partition coefficient (Wildman–Crippen LogP) is 0.512. The second kappa shape index (κ2) is 5.00. The third kappa shape index (κ3) is 4.65. The van der Waals surface area contributed by atoms with Gasteiger partial charge in [-0.25, -0.2) is 0 Å². The summed E-state index contributed by atoms with van der Waals surface area (Å²) in [5.41, 5.74) is 0. The maximum Gasteiger partial charge on any atom is 0.224 e. The lowest BCUT2D eigenvalue weighted by atomic mass is 10.2. The summed E-state index contributed by atoms with van der Waals surface area (Å²) < 4.78 is 0. The Morgan fingerprint density at radius 1 is 1.64 bits per heavy atom. The van der Waals surface area contributed by atoms with Crippen molar-refractivity contribution in [3.8, 4) is 0 Å². The number of hydrogen-bond donors (Lipinski definition) is 2. The molecule has 0 aliphatic rings. The van der Waals surface area contributed by atoms with Crippen LogP contribution in [-0.2, 0) is 0 Å². The molecule has 0 spiro atoms. The molecule has 0 heterocycles. The summed E-state index contributed by atoms with van der Waals surface area (Å²) in [7, 11) is 0. The van der Waals surface area contributed by atoms with Crippen LogP contribution < -0.4 is 0 Å². The summed E-state index contributed by atoms with van der Waals surface area (Å²) in [5, 5.41) is 26.8. The Kier molecular flexibility index (Phi) is 4.67. The van der Waals surface area contributed by atoms with Crippen molar-refractivity contribution in [1.82, 2.24) is 5.23 Å². The van der Waals surface area contributed by atoms with E-state index >= 15 is 0 Å². The van der Waals surface area contributed by atoms with Crippen LogP contribution in [0.5, 0.6) is 0 Å². The highest BCUT2D eigenvalue weighted by Crippen LogP contribution is 2.02. The Hall–Kier alpha value is -0.720. The summed E-state index contributed by atoms with van der Waals surface area (Å²) in [6.07, 6.45) is 1.07. The van der Waals surface area contributed by atoms with Crippen LogP contribution in [0, 0.1) is 10.1 Å². The van der Waals surface area contributed by atoms with Crippen LogP contribution in [0.4, 0.5) is 0 Å². The van der Waals surface area contributed by atoms with Gasteiger partial charge in [-0.05, 0) is 6.42 Å². The molecule has 0 aromatic carbocycles. The van der Waals surface area contributed by atoms with Gasteiger partial charge in [0.1, 0.15) is 6.04 Å². The van der Waals surface area contributed by atoms with Crippen molar-refractivity contribution < 1.29 is 15.3 Å². The Bertz CT molecular complexity index is 128. The Morgan fingerprint density at radius 2 is 2.18 bits per heavy atom. The number of nitrogens with zero attached hydrogens (tertiary/aromatic N) is 2. The number of nitro groups is 1. The minimum Gasteiger partial charge on any atom is -0.289 e. The molecule has 11 heavy (non-hydrogen) atoms. The lowest BCUT2D eigenvalue weighted by molar-refractivity contribution is -0.503. The first kappa shape index (κ1) is 10.3. The van der Waals surface area contributed by atoms with E-state index < -0.39 is 17.5 Å². The first-order chi connectivity index (χ1) is 5.07. The van der Waals surface area contributed by atoms with E-state index in [-0.39, 0.29) is 5.23 Å². The van der Waals surface area contributed by atoms with Crippen LogP contribution in [-0.4, -0.2) is 33.2 Å². The molecule has 1 unspecified atom stereocenters. The fourth-order valence-electron chi connectivity index (χ4n) is 0.785. The van der Waals surface area contributed by atoms with Gasteiger partial charge in [0.25, 0.3) is 0 Å². The monoisotopic (exact) mass is 164 g/mol. The molecule has 1 atom stereocenters. The van der Waals surface area contributed by atoms with E-state index in [0.29, 0.717) is 12.8 Å². The molecule has 0 amide bonds. The molecule has 0 saturated heterocycles. The SMILES string of the molecule is CCCC(C[N+](=O)[O-])N(O)O. The highest BCUT2D eigenvalue weighted by molar-refractivity contribution is 4.57. The van der Waals surface area contributed by atoms with Gasteiger partial charge in [0.05, 0.1) is 0 Å². The molecule has 2 N–H and O–H groups in total. The normalized spacial score (nSPS) is 13.5. The molecule has 0 rings (SSSR count). The molecule has 0 fully saturated rings. The molecule has 6 heteroatoms. The lowest BCUT2D eigenvalue weighted by Crippen LogP contribution is -2.35. The third-order valence-corrected chi connectivity index (χ3v) is 1.31. The molecule has 0 aromatic rings. The number of hydrogen-bond acceptors (Lipinski definition) is 5. The van der Waals surface area contributed by atoms with E-state index in [0.717, 1.165) is 0 Å². The first-order valence-corrected chi connectivity index (χ1v) is 3.36. The lowest BCUT2D eigenvalue weighted by Gasteiger charge is -2.14. The smallest absolute Gasteiger partial charge is 0.224 e. The van der Waals surface area contributed by atoms with Gasteiger partial charge in [0, 0.05) is 4.92 Å². The molecule has 0 aliphatic heterocycles. The molecule has 0 bridgehead atoms. The van der Waals surface area contributed by atoms with Crippen LogP contribution in [0.25, 0.3) is 0 Å². The van der Waals surface area contributed by atoms with E-state index in [2.05, 4.69) is 0 Å². The fraction of sp³-hybridized carbons (Fsp3) is 1.00. The summed E-state index contributed by atoms with van der Waals surface area (Å²) in [6, 6.07) is -0.796. The summed E-state index contributed by atoms with van der Waals surface area (Å²) in [6.45, 7) is 1.37. The Labute approximate surface area is 64.1 Å². The third-order valence-electron chi connectivity index (χ3n) is 1.31. The average Bonchev–Trinajstić information content (AvgIpc) is 1.86. The van der Waals surface area contributed by atoms with Gasteiger partial charge in [-0.2, -0.15) is 0 Å². The van der Waals surface area contributed by atoms with Gasteiger partial charge in [0.2, 0.25) is 6.54 Å². The molecular formula is C5H12N2O4. The van der Waals surface area contributed by atoms with E-state index in [1.807, 2.05) is 6.92 Å². The molecule has 0 aliphatic carbocycles. The van der Waals surface area contributed by atoms with Crippen molar-refractivity contribution in [2.45, 2.75) is 25.8 Å². The van der Waals surface area contributed by atoms with Crippen LogP contribution in [0.15, 0.2) is 0 Å². The van der Waals surface area contributed by atoms with Crippen LogP contribution in [0.2, 0.25) is 0 Å². The second-order valence-corrected chi connectivity index (χ2v) is 2.28. The topological polar surface area (TPSA) is 86.8 Å². The fourth-order valence-corrected chi connectivity index (χ4v) is 0.785. The number of hydroxylamine groups is 2. The molecule has 0 radical (unpaired) electrons. The second-order valence-electron chi connectivity index (χ2n) is 2.28. The van der Waals surface area contributed by atoms with Crippen molar-refractivity contribution in [2.75, 3.05) is 6.54 Å². The van der Waals surface area contributed by atoms with E-state index in [1.165, 1.54) is 0 Å². The standard InChI is InChI=1S/C5H12N2O4/c1-2-3-5(7(10)11)4-6(8)9/h5,10-11H,2-4H2,1H3. The molecule has 66 valence electrons. The molecule has 6 nitrogen and oxygen atoms in total. The van der Waals surface area contributed by atoms with E-state index in [1.54, 1.807) is 0 Å². The van der Waals surface area contributed by atoms with Gasteiger partial charge in [-0.15, -0.1) is 0 Å².